The van der Waals surface area contributed by atoms with E-state index in [9.17, 15) is 24.0 Å². The van der Waals surface area contributed by atoms with E-state index in [1.165, 1.54) is 5.56 Å². The van der Waals surface area contributed by atoms with Crippen LogP contribution in [0.25, 0.3) is 11.3 Å². The highest BCUT2D eigenvalue weighted by atomic mass is 16.2. The van der Waals surface area contributed by atoms with Gasteiger partial charge in [-0.2, -0.15) is 0 Å². The average Bonchev–Trinajstić information content (AvgIpc) is 3.53. The Kier molecular flexibility index (Phi) is 12.0. The Bertz CT molecular complexity index is 2540. The maximum absolute atomic E-state index is 13.3. The maximum atomic E-state index is 13.3. The molecule has 15 heteroatoms. The van der Waals surface area contributed by atoms with Crippen LogP contribution >= 0.6 is 0 Å². The summed E-state index contributed by atoms with van der Waals surface area (Å²) in [6.45, 7) is 7.84. The average molecular weight is 847 g/mol. The summed E-state index contributed by atoms with van der Waals surface area (Å²) in [5.74, 6) is -1.12. The number of nitrogens with zero attached hydrogens (tertiary/aromatic N) is 6. The Labute approximate surface area is 365 Å². The van der Waals surface area contributed by atoms with Crippen LogP contribution in [0, 0.1) is 12.8 Å². The van der Waals surface area contributed by atoms with Gasteiger partial charge in [-0.05, 0) is 136 Å². The molecule has 1 unspecified atom stereocenters. The number of anilines is 4. The van der Waals surface area contributed by atoms with Gasteiger partial charge in [-0.1, -0.05) is 18.2 Å². The van der Waals surface area contributed by atoms with Gasteiger partial charge in [-0.25, -0.2) is 9.97 Å². The zero-order chi connectivity index (χ0) is 43.5. The SMILES string of the molecule is Cc1ccc(NC(=O)c2ccc(CN3CCC(CN4CCC[C@@H](Nc5ccc6c(c5)C(=O)N(C5CCC(=O)NC5=O)C6=O)C4)CC3)cc2)cc1Nc1nccc(-c2cccnc2)n1. The number of nitrogens with one attached hydrogen (secondary N) is 4. The number of aromatic nitrogens is 3. The molecule has 3 aromatic carbocycles. The number of imide groups is 2. The Morgan fingerprint density at radius 2 is 1.63 bits per heavy atom. The third-order valence-corrected chi connectivity index (χ3v) is 12.5. The molecule has 63 heavy (non-hydrogen) atoms. The van der Waals surface area contributed by atoms with Crippen LogP contribution < -0.4 is 21.3 Å². The summed E-state index contributed by atoms with van der Waals surface area (Å²) in [5, 5.41) is 12.2. The van der Waals surface area contributed by atoms with Gasteiger partial charge in [0.2, 0.25) is 17.8 Å². The predicted molar refractivity (Wildman–Crippen MR) is 238 cm³/mol. The van der Waals surface area contributed by atoms with Crippen molar-refractivity contribution in [2.24, 2.45) is 5.92 Å². The number of rotatable bonds is 12. The fourth-order valence-corrected chi connectivity index (χ4v) is 9.10. The standard InChI is InChI=1S/C48H50N10O5/c1-30-6-11-36(25-41(30)54-48-50-20-16-40(53-48)34-4-2-19-49-26-34)52-44(60)33-9-7-31(8-10-33)27-56-22-17-32(18-23-56)28-57-21-3-5-37(29-57)51-35-12-13-38-39(24-35)47(63)58(46(38)62)42-14-15-43(59)55-45(42)61/h2,4,6-13,16,19-20,24-26,32,37,42,51H,3,5,14-15,17-18,21-23,27-29H2,1H3,(H,52,60)(H,50,53,54)(H,55,59,61)/t37-,42?/m1/s1. The predicted octanol–water partition coefficient (Wildman–Crippen LogP) is 6.03. The molecule has 3 saturated heterocycles. The lowest BCUT2D eigenvalue weighted by molar-refractivity contribution is -0.136. The molecule has 2 atom stereocenters. The molecular formula is C48H50N10O5. The summed E-state index contributed by atoms with van der Waals surface area (Å²) < 4.78 is 0. The first-order chi connectivity index (χ1) is 30.6. The van der Waals surface area contributed by atoms with Gasteiger partial charge in [0.15, 0.2) is 0 Å². The number of carbonyl (C=O) groups excluding carboxylic acids is 5. The molecule has 0 bridgehead atoms. The molecule has 0 saturated carbocycles. The molecule has 4 aliphatic rings. The van der Waals surface area contributed by atoms with E-state index in [0.717, 1.165) is 98.0 Å². The van der Waals surface area contributed by atoms with Crippen LogP contribution in [0.4, 0.5) is 23.0 Å². The van der Waals surface area contributed by atoms with E-state index in [-0.39, 0.29) is 35.9 Å². The molecule has 322 valence electrons. The first-order valence-electron chi connectivity index (χ1n) is 21.7. The van der Waals surface area contributed by atoms with E-state index in [2.05, 4.69) is 46.0 Å². The smallest absolute Gasteiger partial charge is 0.262 e. The largest absolute Gasteiger partial charge is 0.381 e. The zero-order valence-electron chi connectivity index (χ0n) is 35.2. The van der Waals surface area contributed by atoms with Gasteiger partial charge in [0, 0.05) is 78.9 Å². The van der Waals surface area contributed by atoms with E-state index in [1.54, 1.807) is 30.7 Å². The lowest BCUT2D eigenvalue weighted by Gasteiger charge is -2.38. The Morgan fingerprint density at radius 1 is 0.825 bits per heavy atom. The topological polar surface area (TPSA) is 182 Å². The Hall–Kier alpha value is -6.84. The van der Waals surface area contributed by atoms with Crippen LogP contribution in [0.2, 0.25) is 0 Å². The number of hydrogen-bond acceptors (Lipinski definition) is 12. The first kappa shape index (κ1) is 41.5. The van der Waals surface area contributed by atoms with Gasteiger partial charge >= 0.3 is 0 Å². The summed E-state index contributed by atoms with van der Waals surface area (Å²) >= 11 is 0. The van der Waals surface area contributed by atoms with E-state index >= 15 is 0 Å². The molecule has 2 aromatic heterocycles. The highest BCUT2D eigenvalue weighted by Crippen LogP contribution is 2.31. The van der Waals surface area contributed by atoms with Crippen molar-refractivity contribution in [2.75, 3.05) is 48.7 Å². The van der Waals surface area contributed by atoms with Gasteiger partial charge < -0.3 is 20.9 Å². The quantitative estimate of drug-likeness (QED) is 0.107. The molecule has 4 N–H and O–H groups in total. The van der Waals surface area contributed by atoms with E-state index in [0.29, 0.717) is 23.1 Å². The fourth-order valence-electron chi connectivity index (χ4n) is 9.10. The van der Waals surface area contributed by atoms with E-state index in [1.807, 2.05) is 73.7 Å². The zero-order valence-corrected chi connectivity index (χ0v) is 35.2. The van der Waals surface area contributed by atoms with Gasteiger partial charge in [-0.3, -0.25) is 44.1 Å². The minimum atomic E-state index is -0.979. The number of hydrogen-bond donors (Lipinski definition) is 4. The third-order valence-electron chi connectivity index (χ3n) is 12.5. The number of pyridine rings is 1. The van der Waals surface area contributed by atoms with Crippen molar-refractivity contribution >= 4 is 52.5 Å². The lowest BCUT2D eigenvalue weighted by atomic mass is 9.94. The van der Waals surface area contributed by atoms with Gasteiger partial charge in [0.05, 0.1) is 16.8 Å². The van der Waals surface area contributed by atoms with Crippen LogP contribution in [-0.2, 0) is 16.1 Å². The lowest BCUT2D eigenvalue weighted by Crippen LogP contribution is -2.54. The summed E-state index contributed by atoms with van der Waals surface area (Å²) in [7, 11) is 0. The molecule has 9 rings (SSSR count). The van der Waals surface area contributed by atoms with Crippen molar-refractivity contribution in [2.45, 2.75) is 64.1 Å². The van der Waals surface area contributed by atoms with Crippen LogP contribution in [-0.4, -0.2) is 104 Å². The van der Waals surface area contributed by atoms with Crippen LogP contribution in [0.3, 0.4) is 0 Å². The molecule has 0 spiro atoms. The van der Waals surface area contributed by atoms with Gasteiger partial charge in [0.1, 0.15) is 6.04 Å². The maximum Gasteiger partial charge on any atom is 0.262 e. The first-order valence-corrected chi connectivity index (χ1v) is 21.7. The third kappa shape index (κ3) is 9.49. The summed E-state index contributed by atoms with van der Waals surface area (Å²) in [5.41, 5.74) is 7.21. The van der Waals surface area contributed by atoms with Gasteiger partial charge in [-0.15, -0.1) is 0 Å². The monoisotopic (exact) mass is 846 g/mol. The second-order valence-corrected chi connectivity index (χ2v) is 17.0. The molecule has 0 radical (unpaired) electrons. The number of aryl methyl sites for hydroxylation is 1. The molecule has 5 aromatic rings. The molecular weight excluding hydrogens is 797 g/mol. The van der Waals surface area contributed by atoms with Crippen molar-refractivity contribution in [3.05, 3.63) is 125 Å². The second kappa shape index (κ2) is 18.2. The Balaban J connectivity index is 0.724. The summed E-state index contributed by atoms with van der Waals surface area (Å²) in [4.78, 5) is 83.1. The number of carbonyl (C=O) groups is 5. The highest BCUT2D eigenvalue weighted by molar-refractivity contribution is 6.23. The molecule has 15 nitrogen and oxygen atoms in total. The molecule has 3 fully saturated rings. The summed E-state index contributed by atoms with van der Waals surface area (Å²) in [6.07, 6.45) is 9.73. The highest BCUT2D eigenvalue weighted by Gasteiger charge is 2.44. The number of fused-ring (bicyclic) bond motifs is 1. The van der Waals surface area contributed by atoms with Crippen LogP contribution in [0.15, 0.2) is 97.5 Å². The number of piperidine rings is 3. The normalized spacial score (nSPS) is 19.7. The minimum absolute atomic E-state index is 0.0891. The Morgan fingerprint density at radius 3 is 2.43 bits per heavy atom. The number of benzene rings is 3. The minimum Gasteiger partial charge on any atom is -0.381 e. The van der Waals surface area contributed by atoms with Gasteiger partial charge in [0.25, 0.3) is 17.7 Å². The van der Waals surface area contributed by atoms with Crippen LogP contribution in [0.1, 0.15) is 80.7 Å². The van der Waals surface area contributed by atoms with Crippen molar-refractivity contribution < 1.29 is 24.0 Å². The molecule has 0 aliphatic carbocycles. The van der Waals surface area contributed by atoms with Crippen molar-refractivity contribution in [1.29, 1.82) is 0 Å². The fraction of sp³-hybridized carbons (Fsp3) is 0.333. The molecule has 5 amide bonds. The molecule has 4 aliphatic heterocycles. The van der Waals surface area contributed by atoms with E-state index < -0.39 is 29.7 Å². The van der Waals surface area contributed by atoms with Crippen molar-refractivity contribution in [3.63, 3.8) is 0 Å². The molecule has 6 heterocycles. The van der Waals surface area contributed by atoms with Crippen molar-refractivity contribution in [1.82, 2.24) is 35.0 Å². The number of amides is 5. The van der Waals surface area contributed by atoms with Crippen LogP contribution in [0.5, 0.6) is 0 Å². The van der Waals surface area contributed by atoms with E-state index in [4.69, 9.17) is 0 Å². The number of likely N-dealkylation sites (tertiary alicyclic amines) is 2. The second-order valence-electron chi connectivity index (χ2n) is 17.0. The van der Waals surface area contributed by atoms with Crippen molar-refractivity contribution in [3.8, 4) is 11.3 Å². The summed E-state index contributed by atoms with van der Waals surface area (Å²) in [6, 6.07) is 23.7.